The van der Waals surface area contributed by atoms with Gasteiger partial charge in [-0.3, -0.25) is 4.98 Å². The van der Waals surface area contributed by atoms with Gasteiger partial charge < -0.3 is 14.8 Å². The van der Waals surface area contributed by atoms with E-state index in [1.54, 1.807) is 12.3 Å². The van der Waals surface area contributed by atoms with Crippen molar-refractivity contribution in [2.24, 2.45) is 5.92 Å². The number of phenolic OH excluding ortho intramolecular Hbond substituents is 1. The Bertz CT molecular complexity index is 956. The average molecular weight is 407 g/mol. The van der Waals surface area contributed by atoms with Crippen LogP contribution in [0.25, 0.3) is 11.6 Å². The van der Waals surface area contributed by atoms with E-state index in [0.29, 0.717) is 24.7 Å². The number of allylic oxidation sites excluding steroid dienone is 2. The van der Waals surface area contributed by atoms with Crippen LogP contribution in [0.2, 0.25) is 6.32 Å². The van der Waals surface area contributed by atoms with Crippen LogP contribution < -0.4 is 0 Å². The summed E-state index contributed by atoms with van der Waals surface area (Å²) in [5.41, 5.74) is 4.38. The number of aromatic hydroxyl groups is 1. The maximum Gasteiger partial charge on any atom is 0.458 e. The molecule has 0 aliphatic carbocycles. The van der Waals surface area contributed by atoms with Gasteiger partial charge in [0.25, 0.3) is 0 Å². The quantitative estimate of drug-likeness (QED) is 0.615. The molecule has 156 valence electrons. The smallest absolute Gasteiger partial charge is 0.458 e. The summed E-state index contributed by atoms with van der Waals surface area (Å²) in [6.07, 6.45) is 7.01. The molecule has 2 heterocycles. The van der Waals surface area contributed by atoms with E-state index in [-0.39, 0.29) is 17.8 Å². The zero-order valence-electron chi connectivity index (χ0n) is 17.4. The van der Waals surface area contributed by atoms with Crippen LogP contribution in [-0.4, -0.2) is 28.3 Å². The van der Waals surface area contributed by atoms with E-state index < -0.39 is 12.9 Å². The second kappa shape index (κ2) is 9.87. The SMILES string of the molecule is C=C(C1=CCB(O)OC1CC/C(=C/c1ccc(O)c(F)c1)c1ccccn1)C(C)C. The molecule has 4 nitrogen and oxygen atoms in total. The Morgan fingerprint density at radius 3 is 2.83 bits per heavy atom. The van der Waals surface area contributed by atoms with Gasteiger partial charge in [-0.15, -0.1) is 0 Å². The predicted octanol–water partition coefficient (Wildman–Crippen LogP) is 5.27. The lowest BCUT2D eigenvalue weighted by Gasteiger charge is -2.29. The molecule has 3 rings (SSSR count). The zero-order chi connectivity index (χ0) is 21.7. The molecule has 1 atom stereocenters. The molecule has 30 heavy (non-hydrogen) atoms. The molecule has 1 aliphatic rings. The van der Waals surface area contributed by atoms with Gasteiger partial charge >= 0.3 is 7.12 Å². The summed E-state index contributed by atoms with van der Waals surface area (Å²) in [4.78, 5) is 4.44. The van der Waals surface area contributed by atoms with Gasteiger partial charge in [-0.2, -0.15) is 0 Å². The first-order valence-corrected chi connectivity index (χ1v) is 10.2. The molecule has 0 radical (unpaired) electrons. The van der Waals surface area contributed by atoms with E-state index in [1.165, 1.54) is 12.1 Å². The fourth-order valence-corrected chi connectivity index (χ4v) is 3.50. The predicted molar refractivity (Wildman–Crippen MR) is 119 cm³/mol. The van der Waals surface area contributed by atoms with Crippen molar-refractivity contribution in [2.75, 3.05) is 0 Å². The second-order valence-corrected chi connectivity index (χ2v) is 7.79. The molecule has 0 saturated heterocycles. The number of rotatable bonds is 7. The van der Waals surface area contributed by atoms with E-state index in [0.717, 1.165) is 22.4 Å². The molecule has 0 saturated carbocycles. The van der Waals surface area contributed by atoms with Crippen molar-refractivity contribution >= 4 is 18.8 Å². The summed E-state index contributed by atoms with van der Waals surface area (Å²) < 4.78 is 19.6. The van der Waals surface area contributed by atoms with Gasteiger partial charge in [0.05, 0.1) is 11.8 Å². The highest BCUT2D eigenvalue weighted by molar-refractivity contribution is 6.43. The minimum Gasteiger partial charge on any atom is -0.505 e. The highest BCUT2D eigenvalue weighted by Crippen LogP contribution is 2.32. The van der Waals surface area contributed by atoms with Gasteiger partial charge in [-0.25, -0.2) is 4.39 Å². The minimum absolute atomic E-state index is 0.271. The van der Waals surface area contributed by atoms with Crippen LogP contribution in [0.1, 0.15) is 37.9 Å². The van der Waals surface area contributed by atoms with Crippen molar-refractivity contribution in [1.29, 1.82) is 0 Å². The van der Waals surface area contributed by atoms with Gasteiger partial charge in [0.2, 0.25) is 0 Å². The lowest BCUT2D eigenvalue weighted by atomic mass is 9.76. The Morgan fingerprint density at radius 2 is 2.17 bits per heavy atom. The number of hydrogen-bond acceptors (Lipinski definition) is 4. The third kappa shape index (κ3) is 5.46. The summed E-state index contributed by atoms with van der Waals surface area (Å²) in [6.45, 7) is 8.38. The van der Waals surface area contributed by atoms with Crippen molar-refractivity contribution < 1.29 is 19.2 Å². The van der Waals surface area contributed by atoms with Gasteiger partial charge in [-0.05, 0) is 71.4 Å². The highest BCUT2D eigenvalue weighted by Gasteiger charge is 2.29. The van der Waals surface area contributed by atoms with Crippen molar-refractivity contribution in [1.82, 2.24) is 4.98 Å². The standard InChI is InChI=1S/C24H27BFNO3/c1-16(2)17(3)20-11-12-25(29)30-24(20)10-8-19(22-6-4-5-13-27-22)14-18-7-9-23(28)21(26)15-18/h4-7,9,11,13-16,24,28-29H,3,8,10,12H2,1-2H3/b19-14-. The van der Waals surface area contributed by atoms with Gasteiger partial charge in [0.15, 0.2) is 11.6 Å². The maximum atomic E-state index is 13.8. The molecule has 6 heteroatoms. The molecular formula is C24H27BFNO3. The molecule has 1 aromatic carbocycles. The highest BCUT2D eigenvalue weighted by atomic mass is 19.1. The fourth-order valence-electron chi connectivity index (χ4n) is 3.50. The Morgan fingerprint density at radius 1 is 1.37 bits per heavy atom. The summed E-state index contributed by atoms with van der Waals surface area (Å²) in [7, 11) is -0.827. The average Bonchev–Trinajstić information content (AvgIpc) is 2.73. The molecule has 1 unspecified atom stereocenters. The molecule has 1 aliphatic heterocycles. The van der Waals surface area contributed by atoms with Crippen LogP contribution in [0.15, 0.2) is 66.4 Å². The number of phenols is 1. The van der Waals surface area contributed by atoms with Crippen LogP contribution in [0.4, 0.5) is 4.39 Å². The molecule has 0 spiro atoms. The second-order valence-electron chi connectivity index (χ2n) is 7.79. The van der Waals surface area contributed by atoms with E-state index in [2.05, 4.69) is 25.4 Å². The van der Waals surface area contributed by atoms with Crippen molar-refractivity contribution in [2.45, 2.75) is 39.1 Å². The Hall–Kier alpha value is -2.70. The molecule has 1 aromatic heterocycles. The van der Waals surface area contributed by atoms with Crippen LogP contribution in [0.3, 0.4) is 0 Å². The maximum absolute atomic E-state index is 13.8. The van der Waals surface area contributed by atoms with Crippen molar-refractivity contribution in [3.63, 3.8) is 0 Å². The molecule has 0 amide bonds. The van der Waals surface area contributed by atoms with Gasteiger partial charge in [0.1, 0.15) is 0 Å². The van der Waals surface area contributed by atoms with Gasteiger partial charge in [0, 0.05) is 12.5 Å². The van der Waals surface area contributed by atoms with E-state index >= 15 is 0 Å². The van der Waals surface area contributed by atoms with Crippen LogP contribution in [0, 0.1) is 11.7 Å². The largest absolute Gasteiger partial charge is 0.505 e. The number of halogens is 1. The number of hydrogen-bond donors (Lipinski definition) is 2. The molecule has 2 N–H and O–H groups in total. The number of aromatic nitrogens is 1. The molecular weight excluding hydrogens is 380 g/mol. The number of benzene rings is 1. The topological polar surface area (TPSA) is 62.6 Å². The monoisotopic (exact) mass is 407 g/mol. The van der Waals surface area contributed by atoms with Crippen LogP contribution in [0.5, 0.6) is 5.75 Å². The van der Waals surface area contributed by atoms with Gasteiger partial charge in [-0.1, -0.05) is 38.6 Å². The lowest BCUT2D eigenvalue weighted by Crippen LogP contribution is -2.32. The number of pyridine rings is 1. The Labute approximate surface area is 177 Å². The Balaban J connectivity index is 1.87. The first-order chi connectivity index (χ1) is 14.3. The molecule has 0 fully saturated rings. The van der Waals surface area contributed by atoms with Crippen LogP contribution >= 0.6 is 0 Å². The zero-order valence-corrected chi connectivity index (χ0v) is 17.4. The van der Waals surface area contributed by atoms with E-state index in [1.807, 2.05) is 30.4 Å². The van der Waals surface area contributed by atoms with Crippen molar-refractivity contribution in [3.8, 4) is 5.75 Å². The Kier molecular flexibility index (Phi) is 7.24. The fraction of sp³-hybridized carbons (Fsp3) is 0.292. The van der Waals surface area contributed by atoms with E-state index in [4.69, 9.17) is 4.65 Å². The molecule has 0 bridgehead atoms. The minimum atomic E-state index is -0.827. The normalized spacial score (nSPS) is 17.2. The first kappa shape index (κ1) is 22.0. The summed E-state index contributed by atoms with van der Waals surface area (Å²) in [5, 5.41) is 19.5. The van der Waals surface area contributed by atoms with E-state index in [9.17, 15) is 14.5 Å². The third-order valence-electron chi connectivity index (χ3n) is 5.26. The molecule has 2 aromatic rings. The number of nitrogens with zero attached hydrogens (tertiary/aromatic N) is 1. The lowest BCUT2D eigenvalue weighted by molar-refractivity contribution is 0.183. The van der Waals surface area contributed by atoms with Crippen molar-refractivity contribution in [3.05, 3.63) is 83.5 Å². The summed E-state index contributed by atoms with van der Waals surface area (Å²) >= 11 is 0. The first-order valence-electron chi connectivity index (χ1n) is 10.2. The summed E-state index contributed by atoms with van der Waals surface area (Å²) in [6, 6.07) is 9.95. The van der Waals surface area contributed by atoms with Crippen LogP contribution in [-0.2, 0) is 4.65 Å². The summed E-state index contributed by atoms with van der Waals surface area (Å²) in [5.74, 6) is -0.761. The third-order valence-corrected chi connectivity index (χ3v) is 5.26.